The first kappa shape index (κ1) is 15.2. The molecule has 1 atom stereocenters. The second kappa shape index (κ2) is 7.02. The maximum Gasteiger partial charge on any atom is 0.216 e. The number of piperidine rings is 1. The number of hydrogen-bond acceptors (Lipinski definition) is 4. The minimum Gasteiger partial charge on any atom is -0.381 e. The van der Waals surface area contributed by atoms with Crippen LogP contribution in [-0.4, -0.2) is 57.4 Å². The lowest BCUT2D eigenvalue weighted by Gasteiger charge is -2.32. The van der Waals surface area contributed by atoms with Gasteiger partial charge < -0.3 is 10.1 Å². The molecule has 0 amide bonds. The highest BCUT2D eigenvalue weighted by molar-refractivity contribution is 7.89. The SMILES string of the molecule is CCOCCS(=O)(=O)N1CCCC(CNC2CC2)C1. The van der Waals surface area contributed by atoms with Crippen LogP contribution in [0.15, 0.2) is 0 Å². The van der Waals surface area contributed by atoms with E-state index in [9.17, 15) is 8.42 Å². The van der Waals surface area contributed by atoms with E-state index >= 15 is 0 Å². The summed E-state index contributed by atoms with van der Waals surface area (Å²) in [6.07, 6.45) is 4.67. The normalized spacial score (nSPS) is 25.6. The number of hydrogen-bond donors (Lipinski definition) is 1. The van der Waals surface area contributed by atoms with Crippen molar-refractivity contribution < 1.29 is 13.2 Å². The summed E-state index contributed by atoms with van der Waals surface area (Å²) in [6.45, 7) is 5.07. The summed E-state index contributed by atoms with van der Waals surface area (Å²) in [5, 5.41) is 3.50. The first-order valence-corrected chi connectivity index (χ1v) is 9.01. The molecule has 1 aliphatic heterocycles. The van der Waals surface area contributed by atoms with E-state index in [-0.39, 0.29) is 5.75 Å². The van der Waals surface area contributed by atoms with E-state index in [0.29, 0.717) is 38.3 Å². The van der Waals surface area contributed by atoms with Crippen molar-refractivity contribution in [3.63, 3.8) is 0 Å². The molecule has 0 aromatic rings. The molecule has 0 radical (unpaired) electrons. The quantitative estimate of drug-likeness (QED) is 0.672. The Morgan fingerprint density at radius 2 is 2.11 bits per heavy atom. The van der Waals surface area contributed by atoms with Crippen molar-refractivity contribution in [2.75, 3.05) is 38.6 Å². The lowest BCUT2D eigenvalue weighted by molar-refractivity contribution is 0.161. The van der Waals surface area contributed by atoms with Crippen molar-refractivity contribution in [1.29, 1.82) is 0 Å². The van der Waals surface area contributed by atoms with Gasteiger partial charge in [-0.05, 0) is 45.1 Å². The minimum atomic E-state index is -3.13. The third-order valence-corrected chi connectivity index (χ3v) is 5.64. The lowest BCUT2D eigenvalue weighted by Crippen LogP contribution is -2.44. The van der Waals surface area contributed by atoms with Crippen molar-refractivity contribution in [2.45, 2.75) is 38.6 Å². The van der Waals surface area contributed by atoms with Gasteiger partial charge in [-0.1, -0.05) is 0 Å². The van der Waals surface area contributed by atoms with Gasteiger partial charge in [-0.2, -0.15) is 0 Å². The molecule has 1 heterocycles. The molecular weight excluding hydrogens is 264 g/mol. The maximum absolute atomic E-state index is 12.2. The van der Waals surface area contributed by atoms with E-state index in [4.69, 9.17) is 4.74 Å². The summed E-state index contributed by atoms with van der Waals surface area (Å²) in [6, 6.07) is 0.699. The Labute approximate surface area is 116 Å². The summed E-state index contributed by atoms with van der Waals surface area (Å²) in [7, 11) is -3.13. The zero-order valence-corrected chi connectivity index (χ0v) is 12.6. The largest absolute Gasteiger partial charge is 0.381 e. The summed E-state index contributed by atoms with van der Waals surface area (Å²) < 4.78 is 31.2. The Morgan fingerprint density at radius 1 is 1.32 bits per heavy atom. The van der Waals surface area contributed by atoms with Gasteiger partial charge in [-0.25, -0.2) is 12.7 Å². The van der Waals surface area contributed by atoms with Gasteiger partial charge in [0.05, 0.1) is 12.4 Å². The predicted molar refractivity (Wildman–Crippen MR) is 75.6 cm³/mol. The summed E-state index contributed by atoms with van der Waals surface area (Å²) in [4.78, 5) is 0. The second-order valence-corrected chi connectivity index (χ2v) is 7.65. The Balaban J connectivity index is 1.77. The third kappa shape index (κ3) is 5.02. The minimum absolute atomic E-state index is 0.115. The van der Waals surface area contributed by atoms with Crippen LogP contribution in [0.1, 0.15) is 32.6 Å². The topological polar surface area (TPSA) is 58.6 Å². The van der Waals surface area contributed by atoms with Crippen molar-refractivity contribution in [2.24, 2.45) is 5.92 Å². The predicted octanol–water partition coefficient (Wildman–Crippen LogP) is 0.817. The molecule has 0 aromatic heterocycles. The van der Waals surface area contributed by atoms with Gasteiger partial charge in [0.1, 0.15) is 0 Å². The molecule has 0 bridgehead atoms. The fourth-order valence-electron chi connectivity index (χ4n) is 2.50. The van der Waals surface area contributed by atoms with Gasteiger partial charge in [-0.15, -0.1) is 0 Å². The van der Waals surface area contributed by atoms with E-state index in [2.05, 4.69) is 5.32 Å². The monoisotopic (exact) mass is 290 g/mol. The van der Waals surface area contributed by atoms with E-state index in [1.807, 2.05) is 6.92 Å². The van der Waals surface area contributed by atoms with E-state index in [0.717, 1.165) is 19.4 Å². The van der Waals surface area contributed by atoms with Gasteiger partial charge in [0.25, 0.3) is 0 Å². The average Bonchev–Trinajstić information content (AvgIpc) is 3.21. The molecule has 2 fully saturated rings. The Hall–Kier alpha value is -0.170. The highest BCUT2D eigenvalue weighted by Gasteiger charge is 2.29. The zero-order valence-electron chi connectivity index (χ0n) is 11.8. The molecule has 2 aliphatic rings. The Kier molecular flexibility index (Phi) is 5.62. The van der Waals surface area contributed by atoms with Crippen LogP contribution in [0, 0.1) is 5.92 Å². The van der Waals surface area contributed by atoms with Crippen LogP contribution in [0.3, 0.4) is 0 Å². The molecule has 1 saturated carbocycles. The molecule has 1 saturated heterocycles. The number of sulfonamides is 1. The molecule has 1 N–H and O–H groups in total. The smallest absolute Gasteiger partial charge is 0.216 e. The number of nitrogens with one attached hydrogen (secondary N) is 1. The van der Waals surface area contributed by atoms with Gasteiger partial charge in [-0.3, -0.25) is 0 Å². The summed E-state index contributed by atoms with van der Waals surface area (Å²) in [5.74, 6) is 0.583. The summed E-state index contributed by atoms with van der Waals surface area (Å²) in [5.41, 5.74) is 0. The van der Waals surface area contributed by atoms with Crippen molar-refractivity contribution in [3.05, 3.63) is 0 Å². The van der Waals surface area contributed by atoms with Crippen LogP contribution < -0.4 is 5.32 Å². The molecule has 0 spiro atoms. The Morgan fingerprint density at radius 3 is 2.79 bits per heavy atom. The molecule has 6 heteroatoms. The fraction of sp³-hybridized carbons (Fsp3) is 1.00. The van der Waals surface area contributed by atoms with Crippen LogP contribution in [0.25, 0.3) is 0 Å². The number of nitrogens with zero attached hydrogens (tertiary/aromatic N) is 1. The molecule has 1 aliphatic carbocycles. The first-order valence-electron chi connectivity index (χ1n) is 7.40. The number of rotatable bonds is 8. The molecule has 19 heavy (non-hydrogen) atoms. The van der Waals surface area contributed by atoms with Crippen LogP contribution in [0.2, 0.25) is 0 Å². The first-order chi connectivity index (χ1) is 9.12. The van der Waals surface area contributed by atoms with Crippen molar-refractivity contribution in [1.82, 2.24) is 9.62 Å². The van der Waals surface area contributed by atoms with Crippen LogP contribution in [0.5, 0.6) is 0 Å². The van der Waals surface area contributed by atoms with Crippen molar-refractivity contribution >= 4 is 10.0 Å². The highest BCUT2D eigenvalue weighted by atomic mass is 32.2. The molecule has 0 aromatic carbocycles. The second-order valence-electron chi connectivity index (χ2n) is 5.56. The van der Waals surface area contributed by atoms with Gasteiger partial charge in [0, 0.05) is 25.7 Å². The van der Waals surface area contributed by atoms with Gasteiger partial charge in [0.15, 0.2) is 0 Å². The standard InChI is InChI=1S/C13H26N2O3S/c1-2-18-8-9-19(16,17)15-7-3-4-12(11-15)10-14-13-5-6-13/h12-14H,2-11H2,1H3. The van der Waals surface area contributed by atoms with Gasteiger partial charge >= 0.3 is 0 Å². The van der Waals surface area contributed by atoms with Crippen LogP contribution in [-0.2, 0) is 14.8 Å². The molecular formula is C13H26N2O3S. The molecule has 2 rings (SSSR count). The van der Waals surface area contributed by atoms with Crippen LogP contribution in [0.4, 0.5) is 0 Å². The Bertz CT molecular complexity index is 368. The van der Waals surface area contributed by atoms with Crippen molar-refractivity contribution in [3.8, 4) is 0 Å². The lowest BCUT2D eigenvalue weighted by atomic mass is 10.00. The number of ether oxygens (including phenoxy) is 1. The molecule has 5 nitrogen and oxygen atoms in total. The van der Waals surface area contributed by atoms with Gasteiger partial charge in [0.2, 0.25) is 10.0 Å². The van der Waals surface area contributed by atoms with Crippen LogP contribution >= 0.6 is 0 Å². The average molecular weight is 290 g/mol. The third-order valence-electron chi connectivity index (χ3n) is 3.84. The van der Waals surface area contributed by atoms with E-state index in [1.165, 1.54) is 12.8 Å². The molecule has 1 unspecified atom stereocenters. The highest BCUT2D eigenvalue weighted by Crippen LogP contribution is 2.22. The molecule has 112 valence electrons. The maximum atomic E-state index is 12.2. The van der Waals surface area contributed by atoms with E-state index < -0.39 is 10.0 Å². The van der Waals surface area contributed by atoms with E-state index in [1.54, 1.807) is 4.31 Å². The fourth-order valence-corrected chi connectivity index (χ4v) is 3.94. The summed E-state index contributed by atoms with van der Waals surface area (Å²) >= 11 is 0. The zero-order chi connectivity index (χ0) is 13.7.